The Kier molecular flexibility index (Phi) is 3.28. The van der Waals surface area contributed by atoms with Crippen molar-refractivity contribution in [3.8, 4) is 0 Å². The molecule has 2 aromatic heterocycles. The van der Waals surface area contributed by atoms with E-state index in [9.17, 15) is 9.59 Å². The molecule has 23 heavy (non-hydrogen) atoms. The van der Waals surface area contributed by atoms with Gasteiger partial charge in [-0.3, -0.25) is 14.7 Å². The highest BCUT2D eigenvalue weighted by Gasteiger charge is 2.31. The Balaban J connectivity index is 1.59. The van der Waals surface area contributed by atoms with Crippen LogP contribution in [0.2, 0.25) is 0 Å². The van der Waals surface area contributed by atoms with Crippen molar-refractivity contribution < 1.29 is 4.79 Å². The van der Waals surface area contributed by atoms with E-state index in [-0.39, 0.29) is 11.5 Å². The lowest BCUT2D eigenvalue weighted by molar-refractivity contribution is 0.0724. The Bertz CT molecular complexity index is 818. The number of carbonyl (C=O) groups is 1. The summed E-state index contributed by atoms with van der Waals surface area (Å²) in [5.74, 6) is 0.410. The standard InChI is InChI=1S/C16H19N5O2/c1-20-14(22)6-5-13(19-20)16(23)21-8-7-12-11(9-21)15(18-17-12)10-3-2-4-10/h5-6,10H,2-4,7-9H2,1H3,(H,17,18). The van der Waals surface area contributed by atoms with E-state index in [2.05, 4.69) is 15.3 Å². The third kappa shape index (κ3) is 2.36. The van der Waals surface area contributed by atoms with E-state index in [0.29, 0.717) is 24.7 Å². The third-order valence-electron chi connectivity index (χ3n) is 4.92. The number of hydrogen-bond acceptors (Lipinski definition) is 4. The maximum absolute atomic E-state index is 12.7. The molecule has 1 N–H and O–H groups in total. The van der Waals surface area contributed by atoms with E-state index >= 15 is 0 Å². The normalized spacial score (nSPS) is 17.7. The first-order valence-electron chi connectivity index (χ1n) is 8.03. The van der Waals surface area contributed by atoms with E-state index in [1.54, 1.807) is 11.9 Å². The van der Waals surface area contributed by atoms with Crippen LogP contribution in [0.25, 0.3) is 0 Å². The molecule has 1 amide bonds. The number of fused-ring (bicyclic) bond motifs is 1. The van der Waals surface area contributed by atoms with Crippen molar-refractivity contribution in [1.29, 1.82) is 0 Å². The van der Waals surface area contributed by atoms with Gasteiger partial charge >= 0.3 is 0 Å². The van der Waals surface area contributed by atoms with Crippen LogP contribution >= 0.6 is 0 Å². The van der Waals surface area contributed by atoms with Crippen molar-refractivity contribution in [3.05, 3.63) is 45.1 Å². The number of amides is 1. The molecule has 2 aliphatic rings. The summed E-state index contributed by atoms with van der Waals surface area (Å²) in [7, 11) is 1.55. The first-order valence-corrected chi connectivity index (χ1v) is 8.03. The molecule has 1 saturated carbocycles. The van der Waals surface area contributed by atoms with Gasteiger partial charge in [0.2, 0.25) is 0 Å². The highest BCUT2D eigenvalue weighted by Crippen LogP contribution is 2.38. The van der Waals surface area contributed by atoms with Gasteiger partial charge in [0.15, 0.2) is 0 Å². The predicted octanol–water partition coefficient (Wildman–Crippen LogP) is 0.969. The Hall–Kier alpha value is -2.44. The second kappa shape index (κ2) is 5.33. The molecule has 0 radical (unpaired) electrons. The van der Waals surface area contributed by atoms with Gasteiger partial charge in [-0.2, -0.15) is 10.2 Å². The Labute approximate surface area is 133 Å². The first-order chi connectivity index (χ1) is 11.1. The lowest BCUT2D eigenvalue weighted by Gasteiger charge is -2.30. The minimum absolute atomic E-state index is 0.132. The minimum Gasteiger partial charge on any atom is -0.332 e. The summed E-state index contributed by atoms with van der Waals surface area (Å²) in [4.78, 5) is 25.9. The molecular formula is C16H19N5O2. The number of aryl methyl sites for hydroxylation is 1. The van der Waals surface area contributed by atoms with Crippen LogP contribution in [-0.4, -0.2) is 37.3 Å². The fraction of sp³-hybridized carbons (Fsp3) is 0.500. The summed E-state index contributed by atoms with van der Waals surface area (Å²) in [6, 6.07) is 2.88. The molecule has 1 aliphatic heterocycles. The van der Waals surface area contributed by atoms with Gasteiger partial charge < -0.3 is 4.90 Å². The second-order valence-electron chi connectivity index (χ2n) is 6.35. The SMILES string of the molecule is Cn1nc(C(=O)N2CCc3[nH]nc(C4CCC4)c3C2)ccc1=O. The first kappa shape index (κ1) is 14.2. The van der Waals surface area contributed by atoms with Gasteiger partial charge in [0.1, 0.15) is 5.69 Å². The fourth-order valence-corrected chi connectivity index (χ4v) is 3.29. The molecule has 4 rings (SSSR count). The Morgan fingerprint density at radius 1 is 1.35 bits per heavy atom. The Morgan fingerprint density at radius 2 is 2.17 bits per heavy atom. The highest BCUT2D eigenvalue weighted by molar-refractivity contribution is 5.92. The number of hydrogen-bond donors (Lipinski definition) is 1. The molecule has 0 saturated heterocycles. The summed E-state index contributed by atoms with van der Waals surface area (Å²) in [5, 5.41) is 11.7. The quantitative estimate of drug-likeness (QED) is 0.895. The number of H-pyrrole nitrogens is 1. The van der Waals surface area contributed by atoms with E-state index < -0.39 is 0 Å². The average molecular weight is 313 g/mol. The van der Waals surface area contributed by atoms with Gasteiger partial charge in [-0.15, -0.1) is 0 Å². The van der Waals surface area contributed by atoms with Crippen LogP contribution in [0, 0.1) is 0 Å². The van der Waals surface area contributed by atoms with Gasteiger partial charge in [0.25, 0.3) is 11.5 Å². The van der Waals surface area contributed by atoms with Crippen LogP contribution in [-0.2, 0) is 20.0 Å². The summed E-state index contributed by atoms with van der Waals surface area (Å²) in [6.07, 6.45) is 4.42. The maximum Gasteiger partial charge on any atom is 0.274 e. The smallest absolute Gasteiger partial charge is 0.274 e. The average Bonchev–Trinajstić information content (AvgIpc) is 2.91. The minimum atomic E-state index is -0.218. The second-order valence-corrected chi connectivity index (χ2v) is 6.35. The predicted molar refractivity (Wildman–Crippen MR) is 83.1 cm³/mol. The molecule has 0 aromatic carbocycles. The largest absolute Gasteiger partial charge is 0.332 e. The van der Waals surface area contributed by atoms with Gasteiger partial charge in [-0.25, -0.2) is 4.68 Å². The number of aromatic amines is 1. The van der Waals surface area contributed by atoms with Crippen LogP contribution in [0.3, 0.4) is 0 Å². The zero-order valence-corrected chi connectivity index (χ0v) is 13.1. The number of aromatic nitrogens is 4. The molecule has 7 heteroatoms. The summed E-state index contributed by atoms with van der Waals surface area (Å²) >= 11 is 0. The van der Waals surface area contributed by atoms with Crippen LogP contribution in [0.4, 0.5) is 0 Å². The van der Waals surface area contributed by atoms with Crippen LogP contribution in [0.5, 0.6) is 0 Å². The fourth-order valence-electron chi connectivity index (χ4n) is 3.29. The van der Waals surface area contributed by atoms with Crippen molar-refractivity contribution in [3.63, 3.8) is 0 Å². The molecule has 0 atom stereocenters. The molecule has 1 aliphatic carbocycles. The van der Waals surface area contributed by atoms with Crippen molar-refractivity contribution in [1.82, 2.24) is 24.9 Å². The van der Waals surface area contributed by atoms with E-state index in [1.807, 2.05) is 0 Å². The van der Waals surface area contributed by atoms with E-state index in [1.165, 1.54) is 41.6 Å². The van der Waals surface area contributed by atoms with Crippen molar-refractivity contribution >= 4 is 5.91 Å². The molecule has 7 nitrogen and oxygen atoms in total. The monoisotopic (exact) mass is 313 g/mol. The molecule has 2 aromatic rings. The number of carbonyl (C=O) groups excluding carboxylic acids is 1. The van der Waals surface area contributed by atoms with Crippen LogP contribution in [0.1, 0.15) is 52.6 Å². The number of nitrogens with one attached hydrogen (secondary N) is 1. The molecular weight excluding hydrogens is 294 g/mol. The summed E-state index contributed by atoms with van der Waals surface area (Å²) < 4.78 is 1.19. The number of nitrogens with zero attached hydrogens (tertiary/aromatic N) is 4. The summed E-state index contributed by atoms with van der Waals surface area (Å²) in [6.45, 7) is 1.21. The Morgan fingerprint density at radius 3 is 2.87 bits per heavy atom. The zero-order chi connectivity index (χ0) is 16.0. The van der Waals surface area contributed by atoms with Crippen LogP contribution < -0.4 is 5.56 Å². The topological polar surface area (TPSA) is 83.9 Å². The molecule has 3 heterocycles. The highest BCUT2D eigenvalue weighted by atomic mass is 16.2. The third-order valence-corrected chi connectivity index (χ3v) is 4.92. The van der Waals surface area contributed by atoms with Gasteiger partial charge in [0.05, 0.1) is 5.69 Å². The van der Waals surface area contributed by atoms with Crippen molar-refractivity contribution in [2.24, 2.45) is 7.05 Å². The van der Waals surface area contributed by atoms with Crippen molar-refractivity contribution in [2.45, 2.75) is 38.1 Å². The molecule has 0 unspecified atom stereocenters. The lowest BCUT2D eigenvalue weighted by Crippen LogP contribution is -2.37. The zero-order valence-electron chi connectivity index (χ0n) is 13.1. The molecule has 120 valence electrons. The summed E-state index contributed by atoms with van der Waals surface area (Å²) in [5.41, 5.74) is 3.56. The van der Waals surface area contributed by atoms with Gasteiger partial charge in [0, 0.05) is 49.8 Å². The van der Waals surface area contributed by atoms with E-state index in [4.69, 9.17) is 0 Å². The number of rotatable bonds is 2. The van der Waals surface area contributed by atoms with E-state index in [0.717, 1.165) is 17.8 Å². The van der Waals surface area contributed by atoms with Crippen molar-refractivity contribution in [2.75, 3.05) is 6.54 Å². The van der Waals surface area contributed by atoms with Crippen LogP contribution in [0.15, 0.2) is 16.9 Å². The van der Waals surface area contributed by atoms with Gasteiger partial charge in [-0.1, -0.05) is 6.42 Å². The molecule has 0 bridgehead atoms. The van der Waals surface area contributed by atoms with Gasteiger partial charge in [-0.05, 0) is 18.9 Å². The molecule has 0 spiro atoms. The molecule has 1 fully saturated rings. The lowest BCUT2D eigenvalue weighted by atomic mass is 9.81. The maximum atomic E-state index is 12.7.